The van der Waals surface area contributed by atoms with E-state index in [1.807, 2.05) is 11.4 Å². The normalized spacial score (nSPS) is 15.1. The number of carbonyl (C=O) groups is 2. The Morgan fingerprint density at radius 1 is 1.38 bits per heavy atom. The van der Waals surface area contributed by atoms with Crippen LogP contribution in [0.4, 0.5) is 4.79 Å². The number of amides is 2. The first kappa shape index (κ1) is 15.8. The molecule has 116 valence electrons. The maximum Gasteiger partial charge on any atom is 0.323 e. The predicted octanol–water partition coefficient (Wildman–Crippen LogP) is 2.67. The third kappa shape index (κ3) is 4.46. The molecule has 0 saturated heterocycles. The summed E-state index contributed by atoms with van der Waals surface area (Å²) in [6, 6.07) is 3.96. The lowest BCUT2D eigenvalue weighted by atomic mass is 10.2. The molecule has 1 aromatic rings. The highest BCUT2D eigenvalue weighted by Crippen LogP contribution is 2.24. The van der Waals surface area contributed by atoms with Crippen LogP contribution in [0.15, 0.2) is 17.5 Å². The minimum Gasteiger partial charge on any atom is -0.480 e. The SMILES string of the molecule is CN(CCc1cccs1)C(=O)N(CC(=O)O)C1CCCC1. The van der Waals surface area contributed by atoms with Gasteiger partial charge >= 0.3 is 12.0 Å². The number of likely N-dealkylation sites (N-methyl/N-ethyl adjacent to an activating group) is 1. The molecule has 1 aliphatic carbocycles. The number of aliphatic carboxylic acids is 1. The lowest BCUT2D eigenvalue weighted by Gasteiger charge is -2.31. The average molecular weight is 310 g/mol. The van der Waals surface area contributed by atoms with Crippen molar-refractivity contribution in [2.75, 3.05) is 20.1 Å². The van der Waals surface area contributed by atoms with Crippen molar-refractivity contribution in [1.82, 2.24) is 9.80 Å². The maximum atomic E-state index is 12.5. The molecule has 0 spiro atoms. The van der Waals surface area contributed by atoms with Crippen LogP contribution in [0.3, 0.4) is 0 Å². The van der Waals surface area contributed by atoms with Crippen LogP contribution in [0.2, 0.25) is 0 Å². The Hall–Kier alpha value is -1.56. The van der Waals surface area contributed by atoms with Crippen LogP contribution in [0.1, 0.15) is 30.6 Å². The molecule has 0 aliphatic heterocycles. The molecule has 0 unspecified atom stereocenters. The molecule has 0 radical (unpaired) electrons. The highest BCUT2D eigenvalue weighted by molar-refractivity contribution is 7.09. The first-order valence-electron chi connectivity index (χ1n) is 7.34. The number of hydrogen-bond donors (Lipinski definition) is 1. The molecule has 2 amide bonds. The van der Waals surface area contributed by atoms with E-state index in [1.165, 1.54) is 9.78 Å². The topological polar surface area (TPSA) is 60.9 Å². The highest BCUT2D eigenvalue weighted by atomic mass is 32.1. The van der Waals surface area contributed by atoms with Crippen molar-refractivity contribution in [2.45, 2.75) is 38.1 Å². The van der Waals surface area contributed by atoms with Gasteiger partial charge in [-0.1, -0.05) is 18.9 Å². The molecule has 2 rings (SSSR count). The van der Waals surface area contributed by atoms with Crippen LogP contribution in [-0.2, 0) is 11.2 Å². The molecule has 5 nitrogen and oxygen atoms in total. The number of hydrogen-bond acceptors (Lipinski definition) is 3. The number of urea groups is 1. The molecule has 1 heterocycles. The Morgan fingerprint density at radius 2 is 2.10 bits per heavy atom. The van der Waals surface area contributed by atoms with Crippen LogP contribution in [0.25, 0.3) is 0 Å². The van der Waals surface area contributed by atoms with E-state index in [2.05, 4.69) is 6.07 Å². The summed E-state index contributed by atoms with van der Waals surface area (Å²) in [5.74, 6) is -0.943. The lowest BCUT2D eigenvalue weighted by molar-refractivity contribution is -0.138. The van der Waals surface area contributed by atoms with Crippen LogP contribution >= 0.6 is 11.3 Å². The van der Waals surface area contributed by atoms with Gasteiger partial charge in [0.25, 0.3) is 0 Å². The number of nitrogens with zero attached hydrogens (tertiary/aromatic N) is 2. The van der Waals surface area contributed by atoms with Gasteiger partial charge in [0.1, 0.15) is 6.54 Å². The van der Waals surface area contributed by atoms with Crippen LogP contribution in [0, 0.1) is 0 Å². The molecule has 1 N–H and O–H groups in total. The standard InChI is InChI=1S/C15H22N2O3S/c1-16(9-8-13-7-4-10-21-13)15(20)17(11-14(18)19)12-5-2-3-6-12/h4,7,10,12H,2-3,5-6,8-9,11H2,1H3,(H,18,19). The Morgan fingerprint density at radius 3 is 2.67 bits per heavy atom. The third-order valence-electron chi connectivity index (χ3n) is 3.92. The van der Waals surface area contributed by atoms with E-state index in [-0.39, 0.29) is 18.6 Å². The van der Waals surface area contributed by atoms with Gasteiger partial charge < -0.3 is 14.9 Å². The minimum atomic E-state index is -0.943. The third-order valence-corrected chi connectivity index (χ3v) is 4.85. The second-order valence-electron chi connectivity index (χ2n) is 5.49. The Labute approximate surface area is 129 Å². The quantitative estimate of drug-likeness (QED) is 0.878. The van der Waals surface area contributed by atoms with Crippen molar-refractivity contribution in [1.29, 1.82) is 0 Å². The van der Waals surface area contributed by atoms with Crippen LogP contribution in [-0.4, -0.2) is 53.1 Å². The second kappa shape index (κ2) is 7.45. The van der Waals surface area contributed by atoms with Crippen molar-refractivity contribution in [3.63, 3.8) is 0 Å². The summed E-state index contributed by atoms with van der Waals surface area (Å²) in [6.45, 7) is 0.412. The molecular weight excluding hydrogens is 288 g/mol. The largest absolute Gasteiger partial charge is 0.480 e. The summed E-state index contributed by atoms with van der Waals surface area (Å²) in [5, 5.41) is 11.1. The van der Waals surface area contributed by atoms with Crippen molar-refractivity contribution < 1.29 is 14.7 Å². The summed E-state index contributed by atoms with van der Waals surface area (Å²) in [6.07, 6.45) is 4.79. The number of rotatable bonds is 6. The van der Waals surface area contributed by atoms with E-state index >= 15 is 0 Å². The Kier molecular flexibility index (Phi) is 5.61. The fourth-order valence-electron chi connectivity index (χ4n) is 2.76. The van der Waals surface area contributed by atoms with Crippen molar-refractivity contribution in [2.24, 2.45) is 0 Å². The van der Waals surface area contributed by atoms with Gasteiger partial charge in [-0.3, -0.25) is 4.79 Å². The fourth-order valence-corrected chi connectivity index (χ4v) is 3.46. The number of carboxylic acids is 1. The van der Waals surface area contributed by atoms with E-state index in [9.17, 15) is 9.59 Å². The summed E-state index contributed by atoms with van der Waals surface area (Å²) in [5.41, 5.74) is 0. The van der Waals surface area contributed by atoms with E-state index in [0.717, 1.165) is 32.1 Å². The molecule has 0 bridgehead atoms. The molecule has 0 atom stereocenters. The number of thiophene rings is 1. The zero-order valence-corrected chi connectivity index (χ0v) is 13.1. The zero-order chi connectivity index (χ0) is 15.2. The van der Waals surface area contributed by atoms with Crippen LogP contribution in [0.5, 0.6) is 0 Å². The number of carboxylic acid groups (broad SMARTS) is 1. The minimum absolute atomic E-state index is 0.0813. The monoisotopic (exact) mass is 310 g/mol. The summed E-state index contributed by atoms with van der Waals surface area (Å²) >= 11 is 1.68. The number of carbonyl (C=O) groups excluding carboxylic acids is 1. The second-order valence-corrected chi connectivity index (χ2v) is 6.53. The molecule has 1 aliphatic rings. The van der Waals surface area contributed by atoms with E-state index in [4.69, 9.17) is 5.11 Å². The average Bonchev–Trinajstić information content (AvgIpc) is 3.13. The fraction of sp³-hybridized carbons (Fsp3) is 0.600. The summed E-state index contributed by atoms with van der Waals surface area (Å²) in [4.78, 5) is 28.0. The van der Waals surface area contributed by atoms with Gasteiger partial charge in [0.2, 0.25) is 0 Å². The highest BCUT2D eigenvalue weighted by Gasteiger charge is 2.30. The molecule has 6 heteroatoms. The van der Waals surface area contributed by atoms with Crippen molar-refractivity contribution >= 4 is 23.3 Å². The van der Waals surface area contributed by atoms with Crippen LogP contribution < -0.4 is 0 Å². The smallest absolute Gasteiger partial charge is 0.323 e. The van der Waals surface area contributed by atoms with E-state index < -0.39 is 5.97 Å². The van der Waals surface area contributed by atoms with Gasteiger partial charge in [0.05, 0.1) is 0 Å². The summed E-state index contributed by atoms with van der Waals surface area (Å²) < 4.78 is 0. The Balaban J connectivity index is 1.93. The molecule has 1 fully saturated rings. The van der Waals surface area contributed by atoms with Gasteiger partial charge in [0, 0.05) is 24.5 Å². The first-order valence-corrected chi connectivity index (χ1v) is 8.22. The Bertz CT molecular complexity index is 469. The van der Waals surface area contributed by atoms with Crippen molar-refractivity contribution in [3.05, 3.63) is 22.4 Å². The van der Waals surface area contributed by atoms with Gasteiger partial charge in [-0.2, -0.15) is 0 Å². The predicted molar refractivity (Wildman–Crippen MR) is 82.6 cm³/mol. The van der Waals surface area contributed by atoms with Gasteiger partial charge in [-0.15, -0.1) is 11.3 Å². The van der Waals surface area contributed by atoms with Crippen molar-refractivity contribution in [3.8, 4) is 0 Å². The molecule has 1 saturated carbocycles. The zero-order valence-electron chi connectivity index (χ0n) is 12.3. The van der Waals surface area contributed by atoms with Gasteiger partial charge in [-0.05, 0) is 30.7 Å². The van der Waals surface area contributed by atoms with Gasteiger partial charge in [-0.25, -0.2) is 4.79 Å². The lowest BCUT2D eigenvalue weighted by Crippen LogP contribution is -2.48. The summed E-state index contributed by atoms with van der Waals surface area (Å²) in [7, 11) is 1.75. The molecule has 1 aromatic heterocycles. The molecule has 21 heavy (non-hydrogen) atoms. The maximum absolute atomic E-state index is 12.5. The first-order chi connectivity index (χ1) is 10.1. The van der Waals surface area contributed by atoms with E-state index in [0.29, 0.717) is 6.54 Å². The van der Waals surface area contributed by atoms with E-state index in [1.54, 1.807) is 23.3 Å². The molecule has 0 aromatic carbocycles. The molecular formula is C15H22N2O3S. The van der Waals surface area contributed by atoms with Gasteiger partial charge in [0.15, 0.2) is 0 Å².